The molecule has 0 heterocycles. The van der Waals surface area contributed by atoms with E-state index in [4.69, 9.17) is 0 Å². The van der Waals surface area contributed by atoms with E-state index in [9.17, 15) is 13.9 Å². The highest BCUT2D eigenvalue weighted by Crippen LogP contribution is 2.36. The van der Waals surface area contributed by atoms with Crippen molar-refractivity contribution in [3.63, 3.8) is 0 Å². The predicted octanol–water partition coefficient (Wildman–Crippen LogP) is 4.59. The molecule has 0 atom stereocenters. The second kappa shape index (κ2) is 4.41. The number of halogens is 2. The summed E-state index contributed by atoms with van der Waals surface area (Å²) in [7, 11) is 0. The van der Waals surface area contributed by atoms with Gasteiger partial charge in [-0.15, -0.1) is 0 Å². The Kier molecular flexibility index (Phi) is 3.07. The van der Waals surface area contributed by atoms with Crippen molar-refractivity contribution in [2.45, 2.75) is 19.8 Å². The first-order chi connectivity index (χ1) is 8.47. The average molecular weight is 248 g/mol. The van der Waals surface area contributed by atoms with E-state index in [1.165, 1.54) is 24.3 Å². The van der Waals surface area contributed by atoms with E-state index in [2.05, 4.69) is 6.58 Å². The van der Waals surface area contributed by atoms with Gasteiger partial charge in [0.05, 0.1) is 0 Å². The van der Waals surface area contributed by atoms with Gasteiger partial charge >= 0.3 is 0 Å². The SMILES string of the molecule is C=Cc1c(F)ccc2cc(O)c(F)c(C(C)C)c12. The number of hydrogen-bond acceptors (Lipinski definition) is 1. The minimum atomic E-state index is -0.689. The number of phenols is 1. The van der Waals surface area contributed by atoms with Gasteiger partial charge in [-0.2, -0.15) is 0 Å². The Bertz CT molecular complexity index is 630. The summed E-state index contributed by atoms with van der Waals surface area (Å²) in [6.45, 7) is 7.17. The van der Waals surface area contributed by atoms with E-state index < -0.39 is 17.4 Å². The second-order valence-electron chi connectivity index (χ2n) is 4.54. The summed E-state index contributed by atoms with van der Waals surface area (Å²) in [6.07, 6.45) is 1.38. The minimum Gasteiger partial charge on any atom is -0.505 e. The topological polar surface area (TPSA) is 20.2 Å². The van der Waals surface area contributed by atoms with Gasteiger partial charge in [0.1, 0.15) is 5.82 Å². The summed E-state index contributed by atoms with van der Waals surface area (Å²) in [4.78, 5) is 0. The molecular formula is C15H14F2O. The molecule has 0 aromatic heterocycles. The first-order valence-electron chi connectivity index (χ1n) is 5.73. The fourth-order valence-corrected chi connectivity index (χ4v) is 2.23. The van der Waals surface area contributed by atoms with Gasteiger partial charge in [-0.3, -0.25) is 0 Å². The van der Waals surface area contributed by atoms with Crippen molar-refractivity contribution in [2.75, 3.05) is 0 Å². The number of rotatable bonds is 2. The third-order valence-electron chi connectivity index (χ3n) is 3.03. The van der Waals surface area contributed by atoms with Crippen molar-refractivity contribution in [1.82, 2.24) is 0 Å². The Balaban J connectivity index is 3.05. The third kappa shape index (κ3) is 1.76. The standard InChI is InChI=1S/C15H14F2O/c1-4-10-11(16)6-5-9-7-12(18)15(17)13(8(2)3)14(9)10/h4-8,18H,1H2,2-3H3. The highest BCUT2D eigenvalue weighted by Gasteiger charge is 2.19. The molecule has 0 spiro atoms. The second-order valence-corrected chi connectivity index (χ2v) is 4.54. The predicted molar refractivity (Wildman–Crippen MR) is 69.7 cm³/mol. The first-order valence-corrected chi connectivity index (χ1v) is 5.73. The third-order valence-corrected chi connectivity index (χ3v) is 3.03. The van der Waals surface area contributed by atoms with Crippen molar-refractivity contribution < 1.29 is 13.9 Å². The maximum atomic E-state index is 14.0. The Morgan fingerprint density at radius 2 is 1.94 bits per heavy atom. The molecule has 3 heteroatoms. The van der Waals surface area contributed by atoms with E-state index >= 15 is 0 Å². The van der Waals surface area contributed by atoms with E-state index in [-0.39, 0.29) is 11.5 Å². The van der Waals surface area contributed by atoms with Gasteiger partial charge in [0.2, 0.25) is 0 Å². The Morgan fingerprint density at radius 3 is 2.50 bits per heavy atom. The molecule has 0 saturated carbocycles. The van der Waals surface area contributed by atoms with E-state index in [0.717, 1.165) is 0 Å². The van der Waals surface area contributed by atoms with Crippen molar-refractivity contribution >= 4 is 16.8 Å². The van der Waals surface area contributed by atoms with Gasteiger partial charge in [0.25, 0.3) is 0 Å². The number of hydrogen-bond donors (Lipinski definition) is 1. The van der Waals surface area contributed by atoms with Crippen molar-refractivity contribution in [3.8, 4) is 5.75 Å². The van der Waals surface area contributed by atoms with Crippen LogP contribution in [-0.2, 0) is 0 Å². The smallest absolute Gasteiger partial charge is 0.168 e. The molecule has 0 aliphatic rings. The van der Waals surface area contributed by atoms with Gasteiger partial charge in [0, 0.05) is 11.1 Å². The lowest BCUT2D eigenvalue weighted by atomic mass is 9.91. The quantitative estimate of drug-likeness (QED) is 0.824. The molecular weight excluding hydrogens is 234 g/mol. The summed E-state index contributed by atoms with van der Waals surface area (Å²) < 4.78 is 27.8. The molecule has 0 aliphatic carbocycles. The fraction of sp³-hybridized carbons (Fsp3) is 0.200. The molecule has 0 bridgehead atoms. The molecule has 18 heavy (non-hydrogen) atoms. The molecule has 0 radical (unpaired) electrons. The van der Waals surface area contributed by atoms with Crippen LogP contribution in [0.2, 0.25) is 0 Å². The van der Waals surface area contributed by atoms with Gasteiger partial charge in [-0.25, -0.2) is 8.78 Å². The van der Waals surface area contributed by atoms with Crippen LogP contribution in [-0.4, -0.2) is 5.11 Å². The molecule has 0 amide bonds. The Labute approximate surface area is 104 Å². The number of phenolic OH excluding ortho intramolecular Hbond substituents is 1. The molecule has 2 aromatic carbocycles. The summed E-state index contributed by atoms with van der Waals surface area (Å²) in [5.41, 5.74) is 0.592. The average Bonchev–Trinajstić information content (AvgIpc) is 2.31. The molecule has 0 fully saturated rings. The van der Waals surface area contributed by atoms with Crippen LogP contribution in [0, 0.1) is 11.6 Å². The maximum absolute atomic E-state index is 14.0. The minimum absolute atomic E-state index is 0.167. The number of benzene rings is 2. The molecule has 0 saturated heterocycles. The van der Waals surface area contributed by atoms with Crippen LogP contribution in [0.4, 0.5) is 8.78 Å². The summed E-state index contributed by atoms with van der Waals surface area (Å²) in [5.74, 6) is -1.70. The maximum Gasteiger partial charge on any atom is 0.168 e. The molecule has 2 rings (SSSR count). The highest BCUT2D eigenvalue weighted by molar-refractivity contribution is 5.95. The zero-order valence-corrected chi connectivity index (χ0v) is 10.3. The molecule has 1 N–H and O–H groups in total. The Hall–Kier alpha value is -1.90. The lowest BCUT2D eigenvalue weighted by molar-refractivity contribution is 0.428. The molecule has 0 unspecified atom stereocenters. The zero-order chi connectivity index (χ0) is 13.4. The van der Waals surface area contributed by atoms with Crippen LogP contribution >= 0.6 is 0 Å². The van der Waals surface area contributed by atoms with Crippen LogP contribution in [0.25, 0.3) is 16.8 Å². The number of fused-ring (bicyclic) bond motifs is 1. The van der Waals surface area contributed by atoms with Crippen LogP contribution in [0.5, 0.6) is 5.75 Å². The molecule has 1 nitrogen and oxygen atoms in total. The zero-order valence-electron chi connectivity index (χ0n) is 10.3. The van der Waals surface area contributed by atoms with Gasteiger partial charge in [-0.1, -0.05) is 32.6 Å². The molecule has 2 aromatic rings. The van der Waals surface area contributed by atoms with E-state index in [1.807, 2.05) is 0 Å². The van der Waals surface area contributed by atoms with Crippen LogP contribution in [0.3, 0.4) is 0 Å². The van der Waals surface area contributed by atoms with Gasteiger partial charge in [0.15, 0.2) is 11.6 Å². The van der Waals surface area contributed by atoms with Crippen LogP contribution in [0.15, 0.2) is 24.8 Å². The van der Waals surface area contributed by atoms with Gasteiger partial charge in [-0.05, 0) is 28.8 Å². The van der Waals surface area contributed by atoms with Crippen LogP contribution < -0.4 is 0 Å². The summed E-state index contributed by atoms with van der Waals surface area (Å²) in [5, 5.41) is 10.7. The molecule has 94 valence electrons. The summed E-state index contributed by atoms with van der Waals surface area (Å²) in [6, 6.07) is 4.13. The Morgan fingerprint density at radius 1 is 1.28 bits per heavy atom. The van der Waals surface area contributed by atoms with Crippen LogP contribution in [0.1, 0.15) is 30.9 Å². The normalized spacial score (nSPS) is 11.2. The molecule has 0 aliphatic heterocycles. The van der Waals surface area contributed by atoms with Crippen molar-refractivity contribution in [2.24, 2.45) is 0 Å². The van der Waals surface area contributed by atoms with Gasteiger partial charge < -0.3 is 5.11 Å². The van der Waals surface area contributed by atoms with E-state index in [0.29, 0.717) is 16.3 Å². The lowest BCUT2D eigenvalue weighted by Gasteiger charge is -2.15. The monoisotopic (exact) mass is 248 g/mol. The largest absolute Gasteiger partial charge is 0.505 e. The first kappa shape index (κ1) is 12.6. The highest BCUT2D eigenvalue weighted by atomic mass is 19.1. The van der Waals surface area contributed by atoms with E-state index in [1.54, 1.807) is 13.8 Å². The van der Waals surface area contributed by atoms with Crippen molar-refractivity contribution in [3.05, 3.63) is 47.5 Å². The number of aromatic hydroxyl groups is 1. The van der Waals surface area contributed by atoms with Crippen molar-refractivity contribution in [1.29, 1.82) is 0 Å². The fourth-order valence-electron chi connectivity index (χ4n) is 2.23. The summed E-state index contributed by atoms with van der Waals surface area (Å²) >= 11 is 0. The lowest BCUT2D eigenvalue weighted by Crippen LogP contribution is -1.98.